The van der Waals surface area contributed by atoms with Gasteiger partial charge in [0.1, 0.15) is 31.4 Å². The Morgan fingerprint density at radius 2 is 1.17 bits per heavy atom. The molecule has 1 heterocycles. The van der Waals surface area contributed by atoms with Crippen LogP contribution in [0.25, 0.3) is 0 Å². The first-order chi connectivity index (χ1) is 21.9. The summed E-state index contributed by atoms with van der Waals surface area (Å²) in [6.07, 6.45) is 20.9. The molecule has 1 aromatic rings. The molecule has 0 aromatic carbocycles. The summed E-state index contributed by atoms with van der Waals surface area (Å²) < 4.78 is 17.3. The lowest BCUT2D eigenvalue weighted by Gasteiger charge is -2.16. The summed E-state index contributed by atoms with van der Waals surface area (Å²) in [6.45, 7) is 5.65. The minimum Gasteiger partial charge on any atom is -1.00 e. The zero-order valence-corrected chi connectivity index (χ0v) is 31.4. The van der Waals surface area contributed by atoms with E-state index in [0.29, 0.717) is 23.8 Å². The number of carbonyl (C=O) groups excluding carboxylic acids is 3. The fourth-order valence-corrected chi connectivity index (χ4v) is 5.19. The molecule has 0 spiro atoms. The molecule has 0 bridgehead atoms. The van der Waals surface area contributed by atoms with E-state index < -0.39 is 18.3 Å². The van der Waals surface area contributed by atoms with Crippen molar-refractivity contribution in [3.63, 3.8) is 0 Å². The highest BCUT2D eigenvalue weighted by Crippen LogP contribution is 2.14. The number of alkyl carbamates (subject to hydrolysis) is 2. The van der Waals surface area contributed by atoms with Gasteiger partial charge in [0.05, 0.1) is 0 Å². The van der Waals surface area contributed by atoms with E-state index in [9.17, 15) is 14.4 Å². The van der Waals surface area contributed by atoms with Gasteiger partial charge >= 0.3 is 12.2 Å². The van der Waals surface area contributed by atoms with E-state index in [1.54, 1.807) is 22.9 Å². The van der Waals surface area contributed by atoms with Crippen LogP contribution >= 0.6 is 11.6 Å². The third kappa shape index (κ3) is 22.6. The topological polar surface area (TPSA) is 119 Å². The number of nitrogens with one attached hydrogen (secondary N) is 3. The number of unbranched alkanes of at least 4 members (excludes halogenated alkanes) is 15. The molecule has 1 atom stereocenters. The smallest absolute Gasteiger partial charge is 0.407 e. The van der Waals surface area contributed by atoms with Gasteiger partial charge in [0, 0.05) is 32.8 Å². The Labute approximate surface area is 299 Å². The van der Waals surface area contributed by atoms with E-state index in [4.69, 9.17) is 25.8 Å². The fourth-order valence-electron chi connectivity index (χ4n) is 4.87. The van der Waals surface area contributed by atoms with Crippen LogP contribution in [0.5, 0.6) is 0 Å². The first kappa shape index (κ1) is 44.1. The number of hydrogen-bond donors (Lipinski definition) is 3. The highest BCUT2D eigenvalue weighted by atomic mass is 127. The summed E-state index contributed by atoms with van der Waals surface area (Å²) in [5, 5.41) is 8.38. The van der Waals surface area contributed by atoms with Crippen molar-refractivity contribution in [3.8, 4) is 0 Å². The van der Waals surface area contributed by atoms with Crippen LogP contribution in [-0.2, 0) is 20.8 Å². The van der Waals surface area contributed by atoms with Gasteiger partial charge in [-0.05, 0) is 31.0 Å². The Hall–Kier alpha value is -1.86. The van der Waals surface area contributed by atoms with E-state index in [0.717, 1.165) is 12.8 Å². The number of rotatable bonds is 27. The van der Waals surface area contributed by atoms with Crippen molar-refractivity contribution in [2.75, 3.05) is 40.0 Å². The molecule has 3 amide bonds. The van der Waals surface area contributed by atoms with Crippen molar-refractivity contribution >= 4 is 29.7 Å². The molecule has 0 radical (unpaired) electrons. The summed E-state index contributed by atoms with van der Waals surface area (Å²) in [7, 11) is 1.45. The molecule has 3 N–H and O–H groups in total. The van der Waals surface area contributed by atoms with Gasteiger partial charge in [-0.1, -0.05) is 103 Å². The van der Waals surface area contributed by atoms with Crippen LogP contribution in [0.1, 0.15) is 127 Å². The molecule has 266 valence electrons. The number of aromatic nitrogens is 1. The number of aryl methyl sites for hydroxylation is 1. The lowest BCUT2D eigenvalue weighted by atomic mass is 10.0. The first-order valence-corrected chi connectivity index (χ1v) is 17.6. The maximum Gasteiger partial charge on any atom is 0.407 e. The molecular formula is C34H60ClIN4O6. The van der Waals surface area contributed by atoms with Crippen LogP contribution in [-0.4, -0.2) is 64.2 Å². The second kappa shape index (κ2) is 30.5. The second-order valence-electron chi connectivity index (χ2n) is 11.5. The molecule has 10 nitrogen and oxygen atoms in total. The van der Waals surface area contributed by atoms with E-state index in [1.807, 2.05) is 6.92 Å². The molecule has 46 heavy (non-hydrogen) atoms. The van der Waals surface area contributed by atoms with E-state index in [1.165, 1.54) is 97.0 Å². The van der Waals surface area contributed by atoms with Crippen molar-refractivity contribution in [3.05, 3.63) is 29.0 Å². The van der Waals surface area contributed by atoms with Crippen molar-refractivity contribution in [2.45, 2.75) is 129 Å². The summed E-state index contributed by atoms with van der Waals surface area (Å²) in [5.41, 5.74) is 0.362. The maximum atomic E-state index is 12.4. The summed E-state index contributed by atoms with van der Waals surface area (Å²) >= 11 is 6.25. The van der Waals surface area contributed by atoms with E-state index in [2.05, 4.69) is 22.9 Å². The Morgan fingerprint density at radius 1 is 0.717 bits per heavy atom. The standard InChI is InChI=1S/C34H59ClN4O6.HI/c1-4-6-7-8-9-10-11-12-13-14-15-16-17-18-19-20-23-37-33(41)44-27-29(43-3)28-45-34(42)38-25-24-36-32(40)30-22-21-26-39(5-2)31(30)35;/h21-22,26,29H,4-20,23-25,27-28H2,1-3H3,(H2-,36,37,38,40,41,42);1H. The zero-order valence-electron chi connectivity index (χ0n) is 28.5. The average Bonchev–Trinajstić information content (AvgIpc) is 3.04. The fraction of sp³-hybridized carbons (Fsp3) is 0.765. The second-order valence-corrected chi connectivity index (χ2v) is 11.8. The summed E-state index contributed by atoms with van der Waals surface area (Å²) in [5.74, 6) is -0.331. The number of hydrogen-bond acceptors (Lipinski definition) is 6. The molecule has 0 aliphatic rings. The zero-order chi connectivity index (χ0) is 33.0. The van der Waals surface area contributed by atoms with Crippen LogP contribution < -0.4 is 44.5 Å². The SMILES string of the molecule is CCCCCCCCCCCCCCCCCCNC(=O)OCC(COC(=O)NCCNC(=O)c1ccc[n+](CC)c1Cl)OC.[I-]. The molecule has 0 fully saturated rings. The monoisotopic (exact) mass is 782 g/mol. The average molecular weight is 783 g/mol. The van der Waals surface area contributed by atoms with Gasteiger partial charge in [0.25, 0.3) is 11.1 Å². The summed E-state index contributed by atoms with van der Waals surface area (Å²) in [6, 6.07) is 3.39. The molecule has 1 rings (SSSR count). The minimum atomic E-state index is -0.666. The van der Waals surface area contributed by atoms with Gasteiger partial charge in [-0.2, -0.15) is 4.57 Å². The molecule has 12 heteroatoms. The number of amides is 3. The van der Waals surface area contributed by atoms with Crippen LogP contribution in [0.3, 0.4) is 0 Å². The van der Waals surface area contributed by atoms with Crippen LogP contribution in [0.4, 0.5) is 9.59 Å². The molecular weight excluding hydrogens is 723 g/mol. The van der Waals surface area contributed by atoms with Gasteiger partial charge < -0.3 is 54.1 Å². The number of pyridine rings is 1. The predicted octanol–water partition coefficient (Wildman–Crippen LogP) is 4.11. The lowest BCUT2D eigenvalue weighted by Crippen LogP contribution is -3.00. The third-order valence-corrected chi connectivity index (χ3v) is 8.12. The molecule has 1 unspecified atom stereocenters. The molecule has 0 saturated carbocycles. The number of nitrogens with zero attached hydrogens (tertiary/aromatic N) is 1. The van der Waals surface area contributed by atoms with E-state index >= 15 is 0 Å². The Kier molecular flexibility index (Phi) is 29.2. The largest absolute Gasteiger partial charge is 1.00 e. The van der Waals surface area contributed by atoms with Crippen molar-refractivity contribution in [1.82, 2.24) is 16.0 Å². The van der Waals surface area contributed by atoms with Gasteiger partial charge in [0.2, 0.25) is 0 Å². The molecule has 0 aliphatic carbocycles. The Morgan fingerprint density at radius 3 is 1.65 bits per heavy atom. The Balaban J connectivity index is 0.0000202. The highest BCUT2D eigenvalue weighted by molar-refractivity contribution is 6.31. The maximum absolute atomic E-state index is 12.4. The van der Waals surface area contributed by atoms with Gasteiger partial charge in [-0.15, -0.1) is 0 Å². The van der Waals surface area contributed by atoms with Crippen molar-refractivity contribution in [1.29, 1.82) is 0 Å². The third-order valence-electron chi connectivity index (χ3n) is 7.70. The highest BCUT2D eigenvalue weighted by Gasteiger charge is 2.18. The minimum absolute atomic E-state index is 0. The predicted molar refractivity (Wildman–Crippen MR) is 179 cm³/mol. The molecule has 1 aromatic heterocycles. The van der Waals surface area contributed by atoms with Gasteiger partial charge in [-0.3, -0.25) is 4.79 Å². The van der Waals surface area contributed by atoms with E-state index in [-0.39, 0.29) is 56.2 Å². The lowest BCUT2D eigenvalue weighted by molar-refractivity contribution is -0.691. The Bertz CT molecular complexity index is 943. The number of halogens is 2. The quantitative estimate of drug-likeness (QED) is 0.0536. The van der Waals surface area contributed by atoms with Crippen LogP contribution in [0.2, 0.25) is 5.15 Å². The number of ether oxygens (including phenoxy) is 3. The summed E-state index contributed by atoms with van der Waals surface area (Å²) in [4.78, 5) is 36.3. The number of methoxy groups -OCH3 is 1. The molecule has 0 aliphatic heterocycles. The van der Waals surface area contributed by atoms with Crippen molar-refractivity contribution in [2.24, 2.45) is 0 Å². The van der Waals surface area contributed by atoms with Crippen LogP contribution in [0, 0.1) is 0 Å². The van der Waals surface area contributed by atoms with Crippen LogP contribution in [0.15, 0.2) is 18.3 Å². The molecule has 0 saturated heterocycles. The van der Waals surface area contributed by atoms with Gasteiger partial charge in [-0.25, -0.2) is 9.59 Å². The van der Waals surface area contributed by atoms with Gasteiger partial charge in [0.15, 0.2) is 6.20 Å². The normalized spacial score (nSPS) is 11.3. The van der Waals surface area contributed by atoms with Crippen molar-refractivity contribution < 1.29 is 57.1 Å². The number of carbonyl (C=O) groups is 3. The first-order valence-electron chi connectivity index (χ1n) is 17.2.